The quantitative estimate of drug-likeness (QED) is 0.569. The number of rotatable bonds is 8. The molecule has 1 fully saturated rings. The maximum absolute atomic E-state index is 12.3. The highest BCUT2D eigenvalue weighted by atomic mass is 16.2. The molecule has 3 rings (SSSR count). The molecule has 0 unspecified atom stereocenters. The van der Waals surface area contributed by atoms with Crippen molar-refractivity contribution < 1.29 is 14.5 Å². The Morgan fingerprint density at radius 2 is 1.57 bits per heavy atom. The molecule has 160 valence electrons. The lowest BCUT2D eigenvalue weighted by molar-refractivity contribution is -0.918. The fourth-order valence-corrected chi connectivity index (χ4v) is 4.00. The third kappa shape index (κ3) is 6.07. The van der Waals surface area contributed by atoms with E-state index in [0.29, 0.717) is 19.5 Å². The predicted octanol–water partition coefficient (Wildman–Crippen LogP) is 0.948. The topological polar surface area (TPSA) is 65.9 Å². The van der Waals surface area contributed by atoms with Crippen molar-refractivity contribution in [2.45, 2.75) is 25.3 Å². The Morgan fingerprint density at radius 3 is 2.20 bits per heavy atom. The monoisotopic (exact) mass is 409 g/mol. The minimum Gasteiger partial charge on any atom is -0.378 e. The van der Waals surface area contributed by atoms with E-state index < -0.39 is 11.8 Å². The fraction of sp³-hybridized carbons (Fsp3) is 0.417. The zero-order valence-electron chi connectivity index (χ0n) is 18.0. The summed E-state index contributed by atoms with van der Waals surface area (Å²) in [5.74, 6) is -1.12. The normalized spacial score (nSPS) is 14.9. The summed E-state index contributed by atoms with van der Waals surface area (Å²) in [6, 6.07) is 18.6. The summed E-state index contributed by atoms with van der Waals surface area (Å²) in [5.41, 5.74) is 3.48. The van der Waals surface area contributed by atoms with E-state index >= 15 is 0 Å². The molecule has 1 atom stereocenters. The van der Waals surface area contributed by atoms with Crippen LogP contribution in [0.2, 0.25) is 0 Å². The van der Waals surface area contributed by atoms with Gasteiger partial charge in [0.25, 0.3) is 0 Å². The van der Waals surface area contributed by atoms with Crippen molar-refractivity contribution in [3.05, 3.63) is 65.7 Å². The van der Waals surface area contributed by atoms with E-state index in [0.717, 1.165) is 24.3 Å². The van der Waals surface area contributed by atoms with E-state index in [-0.39, 0.29) is 6.04 Å². The molecule has 1 heterocycles. The summed E-state index contributed by atoms with van der Waals surface area (Å²) >= 11 is 0. The Bertz CT molecular complexity index is 815. The standard InChI is InChI=1S/C24H32N4O2/c1-27(2)21-12-10-20(11-13-21)22(28-16-6-7-17-28)18-26-24(30)23(29)25-15-14-19-8-4-3-5-9-19/h3-5,8-13,22H,6-7,14-18H2,1-2H3,(H,25,29)(H,26,30)/p+1/t22-/m1/s1. The van der Waals surface area contributed by atoms with Gasteiger partial charge in [-0.3, -0.25) is 9.59 Å². The van der Waals surface area contributed by atoms with Gasteiger partial charge in [-0.25, -0.2) is 0 Å². The third-order valence-corrected chi connectivity index (χ3v) is 5.77. The van der Waals surface area contributed by atoms with Gasteiger partial charge in [-0.15, -0.1) is 0 Å². The number of hydrogen-bond acceptors (Lipinski definition) is 3. The molecular formula is C24H33N4O2+. The second-order valence-corrected chi connectivity index (χ2v) is 8.11. The number of nitrogens with zero attached hydrogens (tertiary/aromatic N) is 1. The van der Waals surface area contributed by atoms with Crippen LogP contribution in [0.5, 0.6) is 0 Å². The lowest BCUT2D eigenvalue weighted by Crippen LogP contribution is -3.11. The van der Waals surface area contributed by atoms with Crippen LogP contribution in [0, 0.1) is 0 Å². The Balaban J connectivity index is 1.53. The van der Waals surface area contributed by atoms with Crippen LogP contribution in [0.4, 0.5) is 5.69 Å². The highest BCUT2D eigenvalue weighted by molar-refractivity contribution is 6.35. The summed E-state index contributed by atoms with van der Waals surface area (Å²) in [6.45, 7) is 3.10. The number of nitrogens with one attached hydrogen (secondary N) is 3. The smallest absolute Gasteiger partial charge is 0.309 e. The zero-order chi connectivity index (χ0) is 21.3. The van der Waals surface area contributed by atoms with Gasteiger partial charge < -0.3 is 20.4 Å². The predicted molar refractivity (Wildman–Crippen MR) is 120 cm³/mol. The number of likely N-dealkylation sites (tertiary alicyclic amines) is 1. The van der Waals surface area contributed by atoms with Crippen molar-refractivity contribution in [1.29, 1.82) is 0 Å². The molecule has 1 saturated heterocycles. The van der Waals surface area contributed by atoms with E-state index in [4.69, 9.17) is 0 Å². The zero-order valence-corrected chi connectivity index (χ0v) is 18.0. The lowest BCUT2D eigenvalue weighted by Gasteiger charge is -2.25. The van der Waals surface area contributed by atoms with Crippen LogP contribution in [0.15, 0.2) is 54.6 Å². The lowest BCUT2D eigenvalue weighted by atomic mass is 10.0. The van der Waals surface area contributed by atoms with Gasteiger partial charge in [0.2, 0.25) is 0 Å². The largest absolute Gasteiger partial charge is 0.378 e. The summed E-state index contributed by atoms with van der Waals surface area (Å²) in [4.78, 5) is 28.1. The van der Waals surface area contributed by atoms with Crippen LogP contribution in [0.3, 0.4) is 0 Å². The molecule has 1 aliphatic rings. The number of quaternary nitrogens is 1. The number of benzene rings is 2. The van der Waals surface area contributed by atoms with Crippen LogP contribution in [-0.4, -0.2) is 52.1 Å². The van der Waals surface area contributed by atoms with Crippen molar-refractivity contribution in [3.8, 4) is 0 Å². The second kappa shape index (κ2) is 10.8. The average molecular weight is 410 g/mol. The third-order valence-electron chi connectivity index (χ3n) is 5.77. The van der Waals surface area contributed by atoms with Gasteiger partial charge in [0.05, 0.1) is 19.6 Å². The van der Waals surface area contributed by atoms with Gasteiger partial charge in [-0.2, -0.15) is 0 Å². The van der Waals surface area contributed by atoms with Crippen molar-refractivity contribution in [2.24, 2.45) is 0 Å². The van der Waals surface area contributed by atoms with Gasteiger partial charge in [0, 0.05) is 44.7 Å². The molecule has 0 bridgehead atoms. The van der Waals surface area contributed by atoms with Crippen LogP contribution >= 0.6 is 0 Å². The summed E-state index contributed by atoms with van der Waals surface area (Å²) in [6.07, 6.45) is 3.11. The van der Waals surface area contributed by atoms with Crippen molar-refractivity contribution in [1.82, 2.24) is 10.6 Å². The Morgan fingerprint density at radius 1 is 0.933 bits per heavy atom. The summed E-state index contributed by atoms with van der Waals surface area (Å²) < 4.78 is 0. The van der Waals surface area contributed by atoms with E-state index in [9.17, 15) is 9.59 Å². The molecule has 0 radical (unpaired) electrons. The maximum atomic E-state index is 12.3. The molecule has 30 heavy (non-hydrogen) atoms. The molecule has 0 saturated carbocycles. The van der Waals surface area contributed by atoms with E-state index in [1.54, 1.807) is 0 Å². The molecular weight excluding hydrogens is 376 g/mol. The molecule has 2 aromatic rings. The Labute approximate surface area is 179 Å². The molecule has 6 nitrogen and oxygen atoms in total. The molecule has 0 aromatic heterocycles. The van der Waals surface area contributed by atoms with Gasteiger partial charge in [0.15, 0.2) is 0 Å². The average Bonchev–Trinajstić information content (AvgIpc) is 3.29. The first-order chi connectivity index (χ1) is 14.5. The highest BCUT2D eigenvalue weighted by Crippen LogP contribution is 2.17. The molecule has 0 aliphatic carbocycles. The minimum absolute atomic E-state index is 0.157. The van der Waals surface area contributed by atoms with Crippen LogP contribution < -0.4 is 20.4 Å². The molecule has 0 spiro atoms. The summed E-state index contributed by atoms with van der Waals surface area (Å²) in [7, 11) is 4.05. The van der Waals surface area contributed by atoms with Crippen LogP contribution in [0.1, 0.15) is 30.0 Å². The minimum atomic E-state index is -0.566. The van der Waals surface area contributed by atoms with Crippen molar-refractivity contribution >= 4 is 17.5 Å². The molecule has 2 amide bonds. The maximum Gasteiger partial charge on any atom is 0.309 e. The number of amides is 2. The first-order valence-electron chi connectivity index (χ1n) is 10.8. The molecule has 2 aromatic carbocycles. The Kier molecular flexibility index (Phi) is 7.85. The van der Waals surface area contributed by atoms with E-state index in [1.807, 2.05) is 44.4 Å². The second-order valence-electron chi connectivity index (χ2n) is 8.11. The number of carbonyl (C=O) groups excluding carboxylic acids is 2. The molecule has 1 aliphatic heterocycles. The fourth-order valence-electron chi connectivity index (χ4n) is 4.00. The van der Waals surface area contributed by atoms with E-state index in [2.05, 4.69) is 39.8 Å². The van der Waals surface area contributed by atoms with Crippen LogP contribution in [0.25, 0.3) is 0 Å². The number of carbonyl (C=O) groups is 2. The van der Waals surface area contributed by atoms with Crippen molar-refractivity contribution in [3.63, 3.8) is 0 Å². The van der Waals surface area contributed by atoms with Gasteiger partial charge in [-0.05, 0) is 24.1 Å². The van der Waals surface area contributed by atoms with Crippen LogP contribution in [-0.2, 0) is 16.0 Å². The Hall–Kier alpha value is -2.86. The number of hydrogen-bond donors (Lipinski definition) is 3. The van der Waals surface area contributed by atoms with Crippen molar-refractivity contribution in [2.75, 3.05) is 45.2 Å². The number of anilines is 1. The summed E-state index contributed by atoms with van der Waals surface area (Å²) in [5, 5.41) is 5.58. The molecule has 3 N–H and O–H groups in total. The SMILES string of the molecule is CN(C)c1ccc([C@@H](CNC(=O)C(=O)NCCc2ccccc2)[NH+]2CCCC2)cc1. The molecule has 6 heteroatoms. The van der Waals surface area contributed by atoms with Gasteiger partial charge in [-0.1, -0.05) is 42.5 Å². The first kappa shape index (κ1) is 21.8. The first-order valence-corrected chi connectivity index (χ1v) is 10.8. The van der Waals surface area contributed by atoms with E-state index in [1.165, 1.54) is 23.3 Å². The van der Waals surface area contributed by atoms with Gasteiger partial charge in [0.1, 0.15) is 6.04 Å². The van der Waals surface area contributed by atoms with Gasteiger partial charge >= 0.3 is 11.8 Å². The highest BCUT2D eigenvalue weighted by Gasteiger charge is 2.28.